The Morgan fingerprint density at radius 3 is 2.74 bits per heavy atom. The largest absolute Gasteiger partial charge is 0.497 e. The molecule has 1 aliphatic rings. The third kappa shape index (κ3) is 3.74. The first-order valence-electron chi connectivity index (χ1n) is 9.13. The van der Waals surface area contributed by atoms with Crippen molar-refractivity contribution in [2.24, 2.45) is 0 Å². The molecule has 5 heteroatoms. The van der Waals surface area contributed by atoms with Crippen LogP contribution < -0.4 is 9.64 Å². The van der Waals surface area contributed by atoms with Gasteiger partial charge < -0.3 is 9.64 Å². The molecular weight excluding hydrogens is 356 g/mol. The summed E-state index contributed by atoms with van der Waals surface area (Å²) in [6.07, 6.45) is 2.16. The van der Waals surface area contributed by atoms with Gasteiger partial charge in [0.1, 0.15) is 5.75 Å². The van der Waals surface area contributed by atoms with Crippen molar-refractivity contribution in [3.8, 4) is 17.0 Å². The van der Waals surface area contributed by atoms with Crippen molar-refractivity contribution < 1.29 is 9.53 Å². The molecule has 0 saturated carbocycles. The van der Waals surface area contributed by atoms with Crippen molar-refractivity contribution in [1.82, 2.24) is 4.98 Å². The van der Waals surface area contributed by atoms with Gasteiger partial charge in [0.2, 0.25) is 5.91 Å². The first kappa shape index (κ1) is 17.7. The van der Waals surface area contributed by atoms with Crippen molar-refractivity contribution in [2.75, 3.05) is 18.6 Å². The lowest BCUT2D eigenvalue weighted by molar-refractivity contribution is -0.118. The second kappa shape index (κ2) is 7.53. The molecule has 2 heterocycles. The van der Waals surface area contributed by atoms with E-state index < -0.39 is 0 Å². The number of carbonyl (C=O) groups excluding carboxylic acids is 1. The zero-order chi connectivity index (χ0) is 18.8. The van der Waals surface area contributed by atoms with Crippen molar-refractivity contribution >= 4 is 22.9 Å². The van der Waals surface area contributed by atoms with Crippen molar-refractivity contribution in [2.45, 2.75) is 26.2 Å². The number of benzene rings is 2. The highest BCUT2D eigenvalue weighted by molar-refractivity contribution is 7.09. The fourth-order valence-electron chi connectivity index (χ4n) is 3.49. The van der Waals surface area contributed by atoms with E-state index in [9.17, 15) is 4.79 Å². The Labute approximate surface area is 163 Å². The van der Waals surface area contributed by atoms with Gasteiger partial charge in [-0.1, -0.05) is 18.2 Å². The van der Waals surface area contributed by atoms with Gasteiger partial charge in [-0.15, -0.1) is 11.3 Å². The van der Waals surface area contributed by atoms with E-state index in [-0.39, 0.29) is 5.91 Å². The molecular formula is C22H22N2O2S. The van der Waals surface area contributed by atoms with Crippen LogP contribution in [0.2, 0.25) is 0 Å². The number of thiazole rings is 1. The molecule has 0 unspecified atom stereocenters. The second-order valence-corrected chi connectivity index (χ2v) is 7.80. The molecule has 138 valence electrons. The third-order valence-electron chi connectivity index (χ3n) is 4.98. The molecule has 0 N–H and O–H groups in total. The number of amides is 1. The van der Waals surface area contributed by atoms with Crippen LogP contribution in [-0.2, 0) is 17.6 Å². The van der Waals surface area contributed by atoms with Crippen LogP contribution >= 0.6 is 11.3 Å². The average Bonchev–Trinajstić information content (AvgIpc) is 3.32. The van der Waals surface area contributed by atoms with Crippen LogP contribution in [0.1, 0.15) is 22.6 Å². The number of methoxy groups -OCH3 is 1. The first-order valence-corrected chi connectivity index (χ1v) is 10.0. The van der Waals surface area contributed by atoms with Crippen LogP contribution in [0.5, 0.6) is 5.75 Å². The zero-order valence-electron chi connectivity index (χ0n) is 15.6. The van der Waals surface area contributed by atoms with Crippen LogP contribution in [0, 0.1) is 6.92 Å². The second-order valence-electron chi connectivity index (χ2n) is 6.74. The zero-order valence-corrected chi connectivity index (χ0v) is 16.4. The highest BCUT2D eigenvalue weighted by atomic mass is 32.1. The van der Waals surface area contributed by atoms with E-state index in [0.717, 1.165) is 52.7 Å². The number of carbonyl (C=O) groups is 1. The minimum Gasteiger partial charge on any atom is -0.497 e. The first-order chi connectivity index (χ1) is 13.1. The molecule has 4 rings (SSSR count). The third-order valence-corrected chi connectivity index (χ3v) is 5.75. The number of nitrogens with zero attached hydrogens (tertiary/aromatic N) is 2. The predicted octanol–water partition coefficient (Wildman–Crippen LogP) is 4.65. The lowest BCUT2D eigenvalue weighted by atomic mass is 10.1. The molecule has 0 spiro atoms. The van der Waals surface area contributed by atoms with Gasteiger partial charge in [-0.3, -0.25) is 4.79 Å². The molecule has 0 radical (unpaired) electrons. The predicted molar refractivity (Wildman–Crippen MR) is 110 cm³/mol. The average molecular weight is 378 g/mol. The Morgan fingerprint density at radius 2 is 2.04 bits per heavy atom. The van der Waals surface area contributed by atoms with Crippen molar-refractivity contribution in [3.05, 3.63) is 64.0 Å². The Balaban J connectivity index is 1.44. The molecule has 0 aliphatic carbocycles. The summed E-state index contributed by atoms with van der Waals surface area (Å²) in [6.45, 7) is 2.78. The van der Waals surface area contributed by atoms with E-state index in [4.69, 9.17) is 4.74 Å². The molecule has 3 aromatic rings. The van der Waals surface area contributed by atoms with Crippen LogP contribution in [0.3, 0.4) is 0 Å². The fourth-order valence-corrected chi connectivity index (χ4v) is 4.12. The van der Waals surface area contributed by atoms with Crippen molar-refractivity contribution in [3.63, 3.8) is 0 Å². The van der Waals surface area contributed by atoms with E-state index in [1.54, 1.807) is 18.4 Å². The smallest absolute Gasteiger partial charge is 0.227 e. The van der Waals surface area contributed by atoms with Gasteiger partial charge >= 0.3 is 0 Å². The molecule has 1 aliphatic heterocycles. The number of rotatable bonds is 5. The lowest BCUT2D eigenvalue weighted by Gasteiger charge is -2.17. The van der Waals surface area contributed by atoms with Gasteiger partial charge in [0, 0.05) is 29.6 Å². The molecule has 0 atom stereocenters. The SMILES string of the molecule is COc1ccc(CCC(=O)N2CCc3cc(-c4csc(C)n4)ccc32)cc1. The minimum absolute atomic E-state index is 0.182. The Bertz CT molecular complexity index is 963. The van der Waals surface area contributed by atoms with Gasteiger partial charge in [-0.05, 0) is 55.2 Å². The Hall–Kier alpha value is -2.66. The maximum absolute atomic E-state index is 12.8. The minimum atomic E-state index is 0.182. The number of aryl methyl sites for hydroxylation is 2. The summed E-state index contributed by atoms with van der Waals surface area (Å²) in [7, 11) is 1.66. The van der Waals surface area contributed by atoms with E-state index in [1.807, 2.05) is 36.1 Å². The molecule has 27 heavy (non-hydrogen) atoms. The highest BCUT2D eigenvalue weighted by Gasteiger charge is 2.24. The van der Waals surface area contributed by atoms with E-state index >= 15 is 0 Å². The van der Waals surface area contributed by atoms with E-state index in [2.05, 4.69) is 28.6 Å². The maximum Gasteiger partial charge on any atom is 0.227 e. The van der Waals surface area contributed by atoms with Gasteiger partial charge in [0.25, 0.3) is 0 Å². The van der Waals surface area contributed by atoms with Crippen LogP contribution in [0.4, 0.5) is 5.69 Å². The number of aromatic nitrogens is 1. The summed E-state index contributed by atoms with van der Waals surface area (Å²) < 4.78 is 5.18. The standard InChI is InChI=1S/C22H22N2O2S/c1-15-23-20(14-27-15)17-6-9-21-18(13-17)11-12-24(21)22(25)10-5-16-3-7-19(26-2)8-4-16/h3-4,6-9,13-14H,5,10-12H2,1-2H3. The van der Waals surface area contributed by atoms with Crippen molar-refractivity contribution in [1.29, 1.82) is 0 Å². The molecule has 1 amide bonds. The van der Waals surface area contributed by atoms with Crippen LogP contribution in [-0.4, -0.2) is 24.5 Å². The quantitative estimate of drug-likeness (QED) is 0.649. The summed E-state index contributed by atoms with van der Waals surface area (Å²) in [6, 6.07) is 14.2. The summed E-state index contributed by atoms with van der Waals surface area (Å²) in [5.74, 6) is 1.02. The molecule has 0 fully saturated rings. The van der Waals surface area contributed by atoms with Gasteiger partial charge in [-0.25, -0.2) is 4.98 Å². The van der Waals surface area contributed by atoms with Gasteiger partial charge in [0.15, 0.2) is 0 Å². The van der Waals surface area contributed by atoms with E-state index in [1.165, 1.54) is 5.56 Å². The molecule has 0 saturated heterocycles. The van der Waals surface area contributed by atoms with Crippen LogP contribution in [0.25, 0.3) is 11.3 Å². The molecule has 2 aromatic carbocycles. The number of anilines is 1. The summed E-state index contributed by atoms with van der Waals surface area (Å²) in [5, 5.41) is 3.16. The molecule has 0 bridgehead atoms. The number of hydrogen-bond acceptors (Lipinski definition) is 4. The van der Waals surface area contributed by atoms with Gasteiger partial charge in [0.05, 0.1) is 17.8 Å². The summed E-state index contributed by atoms with van der Waals surface area (Å²) >= 11 is 1.66. The Morgan fingerprint density at radius 1 is 1.22 bits per heavy atom. The topological polar surface area (TPSA) is 42.4 Å². The lowest BCUT2D eigenvalue weighted by Crippen LogP contribution is -2.29. The van der Waals surface area contributed by atoms with Crippen LogP contribution in [0.15, 0.2) is 47.8 Å². The Kier molecular flexibility index (Phi) is 4.94. The molecule has 4 nitrogen and oxygen atoms in total. The van der Waals surface area contributed by atoms with Gasteiger partial charge in [-0.2, -0.15) is 0 Å². The monoisotopic (exact) mass is 378 g/mol. The number of ether oxygens (including phenoxy) is 1. The number of hydrogen-bond donors (Lipinski definition) is 0. The van der Waals surface area contributed by atoms with E-state index in [0.29, 0.717) is 6.42 Å². The maximum atomic E-state index is 12.8. The number of fused-ring (bicyclic) bond motifs is 1. The normalized spacial score (nSPS) is 12.9. The summed E-state index contributed by atoms with van der Waals surface area (Å²) in [5.41, 5.74) is 5.58. The summed E-state index contributed by atoms with van der Waals surface area (Å²) in [4.78, 5) is 19.2. The highest BCUT2D eigenvalue weighted by Crippen LogP contribution is 2.33. The fraction of sp³-hybridized carbons (Fsp3) is 0.273. The molecule has 1 aromatic heterocycles.